The molecule has 3 rings (SSSR count). The van der Waals surface area contributed by atoms with Gasteiger partial charge in [-0.05, 0) is 30.9 Å². The van der Waals surface area contributed by atoms with E-state index in [1.54, 1.807) is 0 Å². The predicted molar refractivity (Wildman–Crippen MR) is 83.7 cm³/mol. The van der Waals surface area contributed by atoms with Gasteiger partial charge in [-0.25, -0.2) is 0 Å². The van der Waals surface area contributed by atoms with Crippen LogP contribution in [-0.2, 0) is 0 Å². The number of nitrogens with two attached hydrogens (primary N) is 1. The van der Waals surface area contributed by atoms with E-state index in [1.165, 1.54) is 37.2 Å². The molecule has 2 fully saturated rings. The van der Waals surface area contributed by atoms with E-state index < -0.39 is 0 Å². The number of hydrogen-bond acceptors (Lipinski definition) is 3. The Balaban J connectivity index is 1.72. The highest BCUT2D eigenvalue weighted by Gasteiger charge is 2.44. The van der Waals surface area contributed by atoms with E-state index in [2.05, 4.69) is 53.9 Å². The highest BCUT2D eigenvalue weighted by Crippen LogP contribution is 2.41. The SMILES string of the molecule is CC1CC(CN)(N2CCC(c3ccccc3)C2)CS1. The zero-order valence-corrected chi connectivity index (χ0v) is 12.5. The lowest BCUT2D eigenvalue weighted by atomic mass is 9.94. The summed E-state index contributed by atoms with van der Waals surface area (Å²) in [6, 6.07) is 11.0. The number of thioether (sulfide) groups is 1. The maximum atomic E-state index is 6.14. The third-order valence-corrected chi connectivity index (χ3v) is 6.25. The van der Waals surface area contributed by atoms with Gasteiger partial charge >= 0.3 is 0 Å². The van der Waals surface area contributed by atoms with Gasteiger partial charge in [0.05, 0.1) is 0 Å². The van der Waals surface area contributed by atoms with Crippen LogP contribution in [0.2, 0.25) is 0 Å². The quantitative estimate of drug-likeness (QED) is 0.920. The highest BCUT2D eigenvalue weighted by molar-refractivity contribution is 8.00. The molecule has 19 heavy (non-hydrogen) atoms. The molecule has 2 aliphatic heterocycles. The monoisotopic (exact) mass is 276 g/mol. The average molecular weight is 276 g/mol. The summed E-state index contributed by atoms with van der Waals surface area (Å²) in [5, 5.41) is 0.763. The molecule has 0 bridgehead atoms. The number of rotatable bonds is 3. The smallest absolute Gasteiger partial charge is 0.0432 e. The number of nitrogens with zero attached hydrogens (tertiary/aromatic N) is 1. The Morgan fingerprint density at radius 1 is 1.37 bits per heavy atom. The highest BCUT2D eigenvalue weighted by atomic mass is 32.2. The minimum Gasteiger partial charge on any atom is -0.329 e. The van der Waals surface area contributed by atoms with Crippen LogP contribution in [0, 0.1) is 0 Å². The van der Waals surface area contributed by atoms with Crippen LogP contribution >= 0.6 is 11.8 Å². The van der Waals surface area contributed by atoms with Crippen molar-refractivity contribution in [2.75, 3.05) is 25.4 Å². The van der Waals surface area contributed by atoms with Gasteiger partial charge in [-0.1, -0.05) is 37.3 Å². The lowest BCUT2D eigenvalue weighted by molar-refractivity contribution is 0.143. The average Bonchev–Trinajstić information content (AvgIpc) is 3.07. The zero-order chi connectivity index (χ0) is 13.3. The molecule has 1 aromatic carbocycles. The fourth-order valence-corrected chi connectivity index (χ4v) is 5.07. The van der Waals surface area contributed by atoms with Gasteiger partial charge in [-0.3, -0.25) is 4.90 Å². The van der Waals surface area contributed by atoms with Gasteiger partial charge in [-0.15, -0.1) is 0 Å². The molecule has 2 nitrogen and oxygen atoms in total. The summed E-state index contributed by atoms with van der Waals surface area (Å²) in [5.41, 5.74) is 7.91. The Morgan fingerprint density at radius 2 is 2.16 bits per heavy atom. The van der Waals surface area contributed by atoms with Crippen molar-refractivity contribution >= 4 is 11.8 Å². The van der Waals surface area contributed by atoms with Gasteiger partial charge in [0.15, 0.2) is 0 Å². The zero-order valence-electron chi connectivity index (χ0n) is 11.7. The van der Waals surface area contributed by atoms with Crippen LogP contribution in [0.15, 0.2) is 30.3 Å². The largest absolute Gasteiger partial charge is 0.329 e. The maximum absolute atomic E-state index is 6.14. The van der Waals surface area contributed by atoms with E-state index in [0.29, 0.717) is 5.92 Å². The first-order valence-corrected chi connectivity index (χ1v) is 8.40. The van der Waals surface area contributed by atoms with Gasteiger partial charge in [-0.2, -0.15) is 11.8 Å². The van der Waals surface area contributed by atoms with E-state index in [0.717, 1.165) is 11.8 Å². The second kappa shape index (κ2) is 5.47. The summed E-state index contributed by atoms with van der Waals surface area (Å²) < 4.78 is 0. The molecule has 3 heteroatoms. The second-order valence-electron chi connectivity index (χ2n) is 6.10. The van der Waals surface area contributed by atoms with E-state index >= 15 is 0 Å². The molecule has 2 heterocycles. The van der Waals surface area contributed by atoms with Crippen LogP contribution in [0.5, 0.6) is 0 Å². The third kappa shape index (κ3) is 2.56. The lowest BCUT2D eigenvalue weighted by Crippen LogP contribution is -2.53. The molecule has 2 N–H and O–H groups in total. The molecule has 104 valence electrons. The Labute approximate surface area is 120 Å². The number of benzene rings is 1. The van der Waals surface area contributed by atoms with Crippen molar-refractivity contribution in [1.82, 2.24) is 4.90 Å². The van der Waals surface area contributed by atoms with Crippen LogP contribution in [-0.4, -0.2) is 41.1 Å². The predicted octanol–water partition coefficient (Wildman–Crippen LogP) is 2.70. The number of hydrogen-bond donors (Lipinski definition) is 1. The molecule has 3 unspecified atom stereocenters. The molecule has 0 saturated carbocycles. The number of likely N-dealkylation sites (tertiary alicyclic amines) is 1. The van der Waals surface area contributed by atoms with Crippen molar-refractivity contribution in [3.63, 3.8) is 0 Å². The summed E-state index contributed by atoms with van der Waals surface area (Å²) in [5.74, 6) is 1.91. The molecule has 0 radical (unpaired) electrons. The molecule has 0 aliphatic carbocycles. The van der Waals surface area contributed by atoms with E-state index in [1.807, 2.05) is 0 Å². The van der Waals surface area contributed by atoms with E-state index in [-0.39, 0.29) is 5.54 Å². The van der Waals surface area contributed by atoms with Gasteiger partial charge in [0.25, 0.3) is 0 Å². The first-order valence-electron chi connectivity index (χ1n) is 7.35. The van der Waals surface area contributed by atoms with E-state index in [4.69, 9.17) is 5.73 Å². The Bertz CT molecular complexity index is 422. The van der Waals surface area contributed by atoms with Crippen molar-refractivity contribution < 1.29 is 0 Å². The summed E-state index contributed by atoms with van der Waals surface area (Å²) in [4.78, 5) is 2.68. The van der Waals surface area contributed by atoms with E-state index in [9.17, 15) is 0 Å². The van der Waals surface area contributed by atoms with Crippen LogP contribution in [0.1, 0.15) is 31.2 Å². The minimum atomic E-state index is 0.271. The van der Waals surface area contributed by atoms with Crippen LogP contribution in [0.25, 0.3) is 0 Å². The summed E-state index contributed by atoms with van der Waals surface area (Å²) in [6.45, 7) is 5.55. The minimum absolute atomic E-state index is 0.271. The van der Waals surface area contributed by atoms with Gasteiger partial charge in [0, 0.05) is 29.6 Å². The summed E-state index contributed by atoms with van der Waals surface area (Å²) in [6.07, 6.45) is 2.54. The van der Waals surface area contributed by atoms with Crippen LogP contribution in [0.4, 0.5) is 0 Å². The van der Waals surface area contributed by atoms with Crippen molar-refractivity contribution in [2.24, 2.45) is 5.73 Å². The Kier molecular flexibility index (Phi) is 3.88. The first kappa shape index (κ1) is 13.5. The molecule has 1 aromatic rings. The molecule has 2 aliphatic rings. The molecule has 2 saturated heterocycles. The lowest BCUT2D eigenvalue weighted by Gasteiger charge is -2.37. The Morgan fingerprint density at radius 3 is 2.79 bits per heavy atom. The van der Waals surface area contributed by atoms with Crippen LogP contribution in [0.3, 0.4) is 0 Å². The van der Waals surface area contributed by atoms with Crippen molar-refractivity contribution in [2.45, 2.75) is 36.5 Å². The molecule has 0 amide bonds. The summed E-state index contributed by atoms with van der Waals surface area (Å²) in [7, 11) is 0. The molecule has 3 atom stereocenters. The molecular weight excluding hydrogens is 252 g/mol. The third-order valence-electron chi connectivity index (χ3n) is 4.81. The maximum Gasteiger partial charge on any atom is 0.0432 e. The molecular formula is C16H24N2S. The topological polar surface area (TPSA) is 29.3 Å². The second-order valence-corrected chi connectivity index (χ2v) is 7.52. The first-order chi connectivity index (χ1) is 9.23. The van der Waals surface area contributed by atoms with Gasteiger partial charge in [0.2, 0.25) is 0 Å². The van der Waals surface area contributed by atoms with Crippen molar-refractivity contribution in [3.8, 4) is 0 Å². The fraction of sp³-hybridized carbons (Fsp3) is 0.625. The molecule has 0 spiro atoms. The van der Waals surface area contributed by atoms with Crippen molar-refractivity contribution in [3.05, 3.63) is 35.9 Å². The van der Waals surface area contributed by atoms with Crippen LogP contribution < -0.4 is 5.73 Å². The van der Waals surface area contributed by atoms with Gasteiger partial charge < -0.3 is 5.73 Å². The standard InChI is InChI=1S/C16H24N2S/c1-13-9-16(11-17,12-19-13)18-8-7-15(10-18)14-5-3-2-4-6-14/h2-6,13,15H,7-12,17H2,1H3. The summed E-state index contributed by atoms with van der Waals surface area (Å²) >= 11 is 2.09. The molecule has 0 aromatic heterocycles. The van der Waals surface area contributed by atoms with Crippen molar-refractivity contribution in [1.29, 1.82) is 0 Å². The Hall–Kier alpha value is -0.510. The normalized spacial score (nSPS) is 35.9. The fourth-order valence-electron chi connectivity index (χ4n) is 3.63. The van der Waals surface area contributed by atoms with Gasteiger partial charge in [0.1, 0.15) is 0 Å².